The lowest BCUT2D eigenvalue weighted by atomic mass is 9.45. The monoisotopic (exact) mass is 669 g/mol. The molecule has 2 N–H and O–H groups in total. The summed E-state index contributed by atoms with van der Waals surface area (Å²) in [6.07, 6.45) is 12.6. The normalized spacial score (nSPS) is 44.8. The van der Waals surface area contributed by atoms with Gasteiger partial charge in [0.15, 0.2) is 11.6 Å². The highest BCUT2D eigenvalue weighted by Gasteiger charge is 2.61. The van der Waals surface area contributed by atoms with Gasteiger partial charge >= 0.3 is 0 Å². The molecule has 0 heterocycles. The lowest BCUT2D eigenvalue weighted by Gasteiger charge is -2.60. The number of rotatable bonds is 4. The zero-order valence-electron chi connectivity index (χ0n) is 32.4. The van der Waals surface area contributed by atoms with Crippen LogP contribution in [0.2, 0.25) is 0 Å². The molecule has 0 aliphatic heterocycles. The number of hydrogen-bond donors (Lipinski definition) is 2. The predicted molar refractivity (Wildman–Crippen MR) is 191 cm³/mol. The van der Waals surface area contributed by atoms with Gasteiger partial charge in [0.1, 0.15) is 0 Å². The number of ether oxygens (including phenoxy) is 2. The molecule has 0 aromatic carbocycles. The van der Waals surface area contributed by atoms with Gasteiger partial charge in [0.2, 0.25) is 0 Å². The largest absolute Gasteiger partial charge is 0.393 e. The van der Waals surface area contributed by atoms with E-state index in [0.717, 1.165) is 62.5 Å². The minimum atomic E-state index is -0.300. The third-order valence-electron chi connectivity index (χ3n) is 15.9. The first kappa shape index (κ1) is 37.9. The van der Waals surface area contributed by atoms with Crippen LogP contribution in [0.3, 0.4) is 0 Å². The molecule has 0 spiro atoms. The second kappa shape index (κ2) is 12.7. The lowest BCUT2D eigenvalue weighted by molar-refractivity contribution is -0.150. The Morgan fingerprint density at radius 1 is 0.604 bits per heavy atom. The van der Waals surface area contributed by atoms with Gasteiger partial charge in [0.25, 0.3) is 0 Å². The third-order valence-corrected chi connectivity index (χ3v) is 15.9. The van der Waals surface area contributed by atoms with Crippen LogP contribution in [0.4, 0.5) is 0 Å². The number of carbonyl (C=O) groups excluding carboxylic acids is 2. The number of aliphatic hydroxyl groups is 2. The molecule has 48 heavy (non-hydrogen) atoms. The zero-order valence-corrected chi connectivity index (χ0v) is 32.4. The molecule has 0 unspecified atom stereocenters. The van der Waals surface area contributed by atoms with Crippen LogP contribution in [0, 0.1) is 57.2 Å². The summed E-state index contributed by atoms with van der Waals surface area (Å²) in [7, 11) is 3.55. The molecule has 10 atom stereocenters. The van der Waals surface area contributed by atoms with E-state index < -0.39 is 0 Å². The summed E-state index contributed by atoms with van der Waals surface area (Å²) in [5.41, 5.74) is 1.27. The molecule has 6 heteroatoms. The van der Waals surface area contributed by atoms with E-state index in [9.17, 15) is 19.8 Å². The minimum Gasteiger partial charge on any atom is -0.393 e. The third kappa shape index (κ3) is 5.66. The fourth-order valence-corrected chi connectivity index (χ4v) is 12.1. The van der Waals surface area contributed by atoms with Gasteiger partial charge in [-0.25, -0.2) is 0 Å². The standard InChI is InChI=1S/2C21H34O3/c2*1-13(2)21(24-6)10-7-15-14(12-21)16(22)11-17-19(3,4)18(23)8-9-20(15,17)5/h2*12-13,15,17-18,23H,7-11H2,1-6H3/t2*15-,17-,18-,20+,21+/m11/s1. The molecule has 0 aromatic heterocycles. The Morgan fingerprint density at radius 2 is 0.938 bits per heavy atom. The molecule has 6 aliphatic carbocycles. The number of methoxy groups -OCH3 is 2. The molecule has 6 aliphatic rings. The SMILES string of the molecule is CO[C@]1(C(C)C)C=C2C(=O)C[C@@H]3C(C)(C)[C@H](O)CC[C@@]3(C)[C@@H]2CC1.CO[C@]1(C(C)C)C=C2C(=O)C[C@@H]3C(C)(C)[C@H](O)CC[C@@]3(C)[C@@H]2CC1. The summed E-state index contributed by atoms with van der Waals surface area (Å²) >= 11 is 0. The smallest absolute Gasteiger partial charge is 0.159 e. The maximum atomic E-state index is 13.0. The van der Waals surface area contributed by atoms with Gasteiger partial charge in [-0.2, -0.15) is 0 Å². The van der Waals surface area contributed by atoms with Crippen LogP contribution in [0.5, 0.6) is 0 Å². The van der Waals surface area contributed by atoms with Crippen LogP contribution in [-0.2, 0) is 19.1 Å². The molecule has 0 saturated heterocycles. The number of allylic oxidation sites excluding steroid dienone is 2. The number of hydrogen-bond acceptors (Lipinski definition) is 6. The summed E-state index contributed by atoms with van der Waals surface area (Å²) in [5, 5.41) is 21.0. The average molecular weight is 669 g/mol. The topological polar surface area (TPSA) is 93.1 Å². The van der Waals surface area contributed by atoms with Crippen molar-refractivity contribution in [2.45, 2.75) is 157 Å². The van der Waals surface area contributed by atoms with E-state index in [4.69, 9.17) is 9.47 Å². The molecule has 4 fully saturated rings. The van der Waals surface area contributed by atoms with Crippen LogP contribution in [0.1, 0.15) is 133 Å². The molecule has 0 bridgehead atoms. The Bertz CT molecular complexity index is 1220. The number of fused-ring (bicyclic) bond motifs is 6. The van der Waals surface area contributed by atoms with Gasteiger partial charge in [-0.1, -0.05) is 69.2 Å². The van der Waals surface area contributed by atoms with Gasteiger partial charge in [-0.15, -0.1) is 0 Å². The summed E-state index contributed by atoms with van der Waals surface area (Å²) < 4.78 is 11.8. The molecule has 6 rings (SSSR count). The molecule has 0 amide bonds. The number of carbonyl (C=O) groups is 2. The maximum absolute atomic E-state index is 13.0. The van der Waals surface area contributed by atoms with E-state index in [1.165, 1.54) is 0 Å². The molecule has 4 saturated carbocycles. The van der Waals surface area contributed by atoms with Crippen LogP contribution in [-0.4, -0.2) is 59.4 Å². The van der Waals surface area contributed by atoms with Gasteiger partial charge in [-0.05, 0) is 132 Å². The van der Waals surface area contributed by atoms with Crippen molar-refractivity contribution in [2.24, 2.45) is 57.2 Å². The summed E-state index contributed by atoms with van der Waals surface area (Å²) in [6, 6.07) is 0. The van der Waals surface area contributed by atoms with Gasteiger partial charge < -0.3 is 19.7 Å². The summed E-state index contributed by atoms with van der Waals surface area (Å²) in [6.45, 7) is 22.1. The Balaban J connectivity index is 0.000000188. The number of Topliss-reactive ketones (excluding diaryl/α,β-unsaturated/α-hetero) is 2. The van der Waals surface area contributed by atoms with E-state index in [1.54, 1.807) is 14.2 Å². The van der Waals surface area contributed by atoms with E-state index in [1.807, 2.05) is 0 Å². The molecule has 0 aromatic rings. The second-order valence-electron chi connectivity index (χ2n) is 19.1. The molecule has 0 radical (unpaired) electrons. The van der Waals surface area contributed by atoms with Crippen molar-refractivity contribution in [3.63, 3.8) is 0 Å². The first-order valence-corrected chi connectivity index (χ1v) is 19.1. The second-order valence-corrected chi connectivity index (χ2v) is 19.1. The average Bonchev–Trinajstić information content (AvgIpc) is 3.04. The maximum Gasteiger partial charge on any atom is 0.159 e. The van der Waals surface area contributed by atoms with Crippen molar-refractivity contribution < 1.29 is 29.3 Å². The van der Waals surface area contributed by atoms with Gasteiger partial charge in [-0.3, -0.25) is 9.59 Å². The first-order valence-electron chi connectivity index (χ1n) is 19.1. The van der Waals surface area contributed by atoms with Crippen LogP contribution in [0.15, 0.2) is 23.3 Å². The van der Waals surface area contributed by atoms with Gasteiger partial charge in [0, 0.05) is 27.1 Å². The number of ketones is 2. The highest BCUT2D eigenvalue weighted by molar-refractivity contribution is 5.98. The van der Waals surface area contributed by atoms with Crippen molar-refractivity contribution in [2.75, 3.05) is 14.2 Å². The lowest BCUT2D eigenvalue weighted by Crippen LogP contribution is -2.58. The van der Waals surface area contributed by atoms with Crippen molar-refractivity contribution in [3.8, 4) is 0 Å². The Labute approximate surface area is 291 Å². The fourth-order valence-electron chi connectivity index (χ4n) is 12.1. The fraction of sp³-hybridized carbons (Fsp3) is 0.857. The van der Waals surface area contributed by atoms with E-state index in [-0.39, 0.29) is 68.5 Å². The Hall–Kier alpha value is -1.34. The highest BCUT2D eigenvalue weighted by atomic mass is 16.5. The molecule has 6 nitrogen and oxygen atoms in total. The van der Waals surface area contributed by atoms with Crippen LogP contribution < -0.4 is 0 Å². The number of aliphatic hydroxyl groups excluding tert-OH is 2. The summed E-state index contributed by atoms with van der Waals surface area (Å²) in [5.74, 6) is 2.45. The predicted octanol–water partition coefficient (Wildman–Crippen LogP) is 8.28. The van der Waals surface area contributed by atoms with Crippen molar-refractivity contribution in [3.05, 3.63) is 23.3 Å². The highest BCUT2D eigenvalue weighted by Crippen LogP contribution is 2.64. The Morgan fingerprint density at radius 3 is 1.23 bits per heavy atom. The first-order chi connectivity index (χ1) is 22.2. The van der Waals surface area contributed by atoms with Crippen molar-refractivity contribution >= 4 is 11.6 Å². The quantitative estimate of drug-likeness (QED) is 0.313. The zero-order chi connectivity index (χ0) is 35.8. The Kier molecular flexibility index (Phi) is 10.0. The van der Waals surface area contributed by atoms with Crippen LogP contribution >= 0.6 is 0 Å². The van der Waals surface area contributed by atoms with E-state index in [2.05, 4.69) is 81.4 Å². The molecular formula is C42H68O6. The van der Waals surface area contributed by atoms with Crippen molar-refractivity contribution in [1.29, 1.82) is 0 Å². The molecule has 272 valence electrons. The summed E-state index contributed by atoms with van der Waals surface area (Å²) in [4.78, 5) is 26.1. The van der Waals surface area contributed by atoms with Gasteiger partial charge in [0.05, 0.1) is 23.4 Å². The molecular weight excluding hydrogens is 600 g/mol. The van der Waals surface area contributed by atoms with Crippen molar-refractivity contribution in [1.82, 2.24) is 0 Å². The van der Waals surface area contributed by atoms with E-state index in [0.29, 0.717) is 36.5 Å². The van der Waals surface area contributed by atoms with Crippen LogP contribution in [0.25, 0.3) is 0 Å². The minimum absolute atomic E-state index is 0.110. The van der Waals surface area contributed by atoms with E-state index >= 15 is 0 Å².